The number of rotatable bonds is 4. The van der Waals surface area contributed by atoms with E-state index < -0.39 is 6.04 Å². The Hall–Kier alpha value is -3.09. The Kier molecular flexibility index (Phi) is 3.99. The predicted octanol–water partition coefficient (Wildman–Crippen LogP) is 2.31. The molecule has 0 saturated carbocycles. The van der Waals surface area contributed by atoms with Crippen LogP contribution in [0.1, 0.15) is 40.2 Å². The topological polar surface area (TPSA) is 84.7 Å². The first kappa shape index (κ1) is 16.4. The van der Waals surface area contributed by atoms with Crippen LogP contribution < -0.4 is 10.1 Å². The minimum absolute atomic E-state index is 0.145. The van der Waals surface area contributed by atoms with Gasteiger partial charge in [-0.1, -0.05) is 17.8 Å². The molecule has 2 aromatic rings. The van der Waals surface area contributed by atoms with Gasteiger partial charge in [0, 0.05) is 22.9 Å². The van der Waals surface area contributed by atoms with Gasteiger partial charge in [0.2, 0.25) is 5.91 Å². The van der Waals surface area contributed by atoms with Gasteiger partial charge in [0.1, 0.15) is 18.4 Å². The first-order valence-electron chi connectivity index (χ1n) is 8.49. The van der Waals surface area contributed by atoms with Crippen molar-refractivity contribution in [3.8, 4) is 5.75 Å². The molecule has 1 aromatic carbocycles. The fourth-order valence-electron chi connectivity index (χ4n) is 3.41. The average molecular weight is 353 g/mol. The standard InChI is InChI=1S/C19H19N3O4/c1-11-6-7-16(18(23)20-11)22-9-15-14(19(22)24)4-3-5-17(15)25-10-13-8-12(2)21-26-13/h3-5,8,16H,1,6-7,9-10H2,2H3,(H,20,23). The number of piperidine rings is 1. The van der Waals surface area contributed by atoms with Gasteiger partial charge in [0.15, 0.2) is 5.76 Å². The second kappa shape index (κ2) is 6.33. The van der Waals surface area contributed by atoms with E-state index in [9.17, 15) is 9.59 Å². The summed E-state index contributed by atoms with van der Waals surface area (Å²) in [5.41, 5.74) is 2.86. The molecule has 3 heterocycles. The van der Waals surface area contributed by atoms with Crippen molar-refractivity contribution in [1.29, 1.82) is 0 Å². The predicted molar refractivity (Wildman–Crippen MR) is 92.2 cm³/mol. The van der Waals surface area contributed by atoms with Crippen LogP contribution in [-0.4, -0.2) is 27.9 Å². The molecule has 2 aliphatic rings. The molecule has 134 valence electrons. The molecule has 4 rings (SSSR count). The normalized spacial score (nSPS) is 19.5. The van der Waals surface area contributed by atoms with Crippen LogP contribution in [0.4, 0.5) is 0 Å². The molecule has 7 nitrogen and oxygen atoms in total. The Morgan fingerprint density at radius 1 is 1.42 bits per heavy atom. The molecular weight excluding hydrogens is 334 g/mol. The molecule has 1 fully saturated rings. The number of carbonyl (C=O) groups is 2. The van der Waals surface area contributed by atoms with Gasteiger partial charge in [-0.05, 0) is 31.9 Å². The quantitative estimate of drug-likeness (QED) is 0.912. The summed E-state index contributed by atoms with van der Waals surface area (Å²) in [6.45, 7) is 6.21. The Morgan fingerprint density at radius 3 is 3.00 bits per heavy atom. The molecule has 2 aliphatic heterocycles. The highest BCUT2D eigenvalue weighted by atomic mass is 16.5. The highest BCUT2D eigenvalue weighted by Crippen LogP contribution is 2.34. The van der Waals surface area contributed by atoms with Gasteiger partial charge in [-0.2, -0.15) is 0 Å². The lowest BCUT2D eigenvalue weighted by Gasteiger charge is -2.30. The van der Waals surface area contributed by atoms with E-state index in [4.69, 9.17) is 9.26 Å². The van der Waals surface area contributed by atoms with E-state index in [2.05, 4.69) is 17.1 Å². The minimum Gasteiger partial charge on any atom is -0.485 e. The summed E-state index contributed by atoms with van der Waals surface area (Å²) in [6, 6.07) is 6.69. The lowest BCUT2D eigenvalue weighted by molar-refractivity contribution is -0.126. The van der Waals surface area contributed by atoms with Crippen LogP contribution in [0.15, 0.2) is 41.1 Å². The lowest BCUT2D eigenvalue weighted by atomic mass is 10.0. The number of amides is 2. The number of nitrogens with zero attached hydrogens (tertiary/aromatic N) is 2. The highest BCUT2D eigenvalue weighted by molar-refractivity contribution is 6.02. The molecular formula is C19H19N3O4. The Bertz CT molecular complexity index is 902. The Balaban J connectivity index is 1.54. The van der Waals surface area contributed by atoms with Crippen LogP contribution >= 0.6 is 0 Å². The molecule has 1 atom stereocenters. The van der Waals surface area contributed by atoms with E-state index in [1.165, 1.54) is 0 Å². The Labute approximate surface area is 150 Å². The van der Waals surface area contributed by atoms with Gasteiger partial charge >= 0.3 is 0 Å². The number of fused-ring (bicyclic) bond motifs is 1. The van der Waals surface area contributed by atoms with Crippen LogP contribution in [0.2, 0.25) is 0 Å². The molecule has 0 radical (unpaired) electrons. The maximum Gasteiger partial charge on any atom is 0.255 e. The van der Waals surface area contributed by atoms with Crippen molar-refractivity contribution in [2.24, 2.45) is 0 Å². The van der Waals surface area contributed by atoms with E-state index in [1.807, 2.05) is 13.0 Å². The molecule has 1 N–H and O–H groups in total. The second-order valence-electron chi connectivity index (χ2n) is 6.59. The third-order valence-corrected chi connectivity index (χ3v) is 4.70. The maximum atomic E-state index is 12.8. The van der Waals surface area contributed by atoms with Crippen LogP contribution in [0, 0.1) is 6.92 Å². The molecule has 1 unspecified atom stereocenters. The molecule has 0 spiro atoms. The van der Waals surface area contributed by atoms with Crippen LogP contribution in [0.3, 0.4) is 0 Å². The monoisotopic (exact) mass is 353 g/mol. The van der Waals surface area contributed by atoms with E-state index in [0.717, 1.165) is 11.3 Å². The number of nitrogens with one attached hydrogen (secondary N) is 1. The van der Waals surface area contributed by atoms with Crippen molar-refractivity contribution in [2.75, 3.05) is 0 Å². The van der Waals surface area contributed by atoms with Crippen LogP contribution in [-0.2, 0) is 17.9 Å². The largest absolute Gasteiger partial charge is 0.485 e. The molecule has 2 amide bonds. The summed E-state index contributed by atoms with van der Waals surface area (Å²) >= 11 is 0. The van der Waals surface area contributed by atoms with E-state index in [1.54, 1.807) is 23.1 Å². The number of ether oxygens (including phenoxy) is 1. The summed E-state index contributed by atoms with van der Waals surface area (Å²) in [5.74, 6) is 0.912. The molecule has 26 heavy (non-hydrogen) atoms. The molecule has 1 saturated heterocycles. The number of aryl methyl sites for hydroxylation is 1. The maximum absolute atomic E-state index is 12.8. The fraction of sp³-hybridized carbons (Fsp3) is 0.316. The number of benzene rings is 1. The number of allylic oxidation sites excluding steroid dienone is 1. The van der Waals surface area contributed by atoms with Crippen molar-refractivity contribution in [3.05, 3.63) is 59.1 Å². The van der Waals surface area contributed by atoms with Crippen molar-refractivity contribution >= 4 is 11.8 Å². The van der Waals surface area contributed by atoms with E-state index >= 15 is 0 Å². The molecule has 1 aromatic heterocycles. The summed E-state index contributed by atoms with van der Waals surface area (Å²) < 4.78 is 11.0. The van der Waals surface area contributed by atoms with Gasteiger partial charge in [0.05, 0.1) is 12.2 Å². The zero-order valence-corrected chi connectivity index (χ0v) is 14.4. The third kappa shape index (κ3) is 2.85. The second-order valence-corrected chi connectivity index (χ2v) is 6.59. The first-order valence-corrected chi connectivity index (χ1v) is 8.49. The average Bonchev–Trinajstić information content (AvgIpc) is 3.17. The van der Waals surface area contributed by atoms with Gasteiger partial charge in [-0.25, -0.2) is 0 Å². The zero-order valence-electron chi connectivity index (χ0n) is 14.4. The van der Waals surface area contributed by atoms with Crippen LogP contribution in [0.25, 0.3) is 0 Å². The van der Waals surface area contributed by atoms with Crippen LogP contribution in [0.5, 0.6) is 5.75 Å². The van der Waals surface area contributed by atoms with Gasteiger partial charge < -0.3 is 19.5 Å². The van der Waals surface area contributed by atoms with Crippen molar-refractivity contribution in [1.82, 2.24) is 15.4 Å². The molecule has 0 aliphatic carbocycles. The smallest absolute Gasteiger partial charge is 0.255 e. The van der Waals surface area contributed by atoms with Gasteiger partial charge in [0.25, 0.3) is 5.91 Å². The first-order chi connectivity index (χ1) is 12.5. The summed E-state index contributed by atoms with van der Waals surface area (Å²) in [4.78, 5) is 26.7. The van der Waals surface area contributed by atoms with Crippen molar-refractivity contribution in [2.45, 2.75) is 39.0 Å². The summed E-state index contributed by atoms with van der Waals surface area (Å²) in [7, 11) is 0. The molecule has 7 heteroatoms. The fourth-order valence-corrected chi connectivity index (χ4v) is 3.41. The number of hydrogen-bond acceptors (Lipinski definition) is 5. The van der Waals surface area contributed by atoms with Crippen molar-refractivity contribution < 1.29 is 18.8 Å². The summed E-state index contributed by atoms with van der Waals surface area (Å²) in [6.07, 6.45) is 1.25. The highest BCUT2D eigenvalue weighted by Gasteiger charge is 2.39. The lowest BCUT2D eigenvalue weighted by Crippen LogP contribution is -2.49. The molecule has 0 bridgehead atoms. The minimum atomic E-state index is -0.481. The van der Waals surface area contributed by atoms with Gasteiger partial charge in [-0.3, -0.25) is 9.59 Å². The van der Waals surface area contributed by atoms with E-state index in [-0.39, 0.29) is 18.4 Å². The van der Waals surface area contributed by atoms with E-state index in [0.29, 0.717) is 42.2 Å². The zero-order chi connectivity index (χ0) is 18.3. The number of hydrogen-bond donors (Lipinski definition) is 1. The Morgan fingerprint density at radius 2 is 2.27 bits per heavy atom. The summed E-state index contributed by atoms with van der Waals surface area (Å²) in [5, 5.41) is 6.57. The third-order valence-electron chi connectivity index (χ3n) is 4.70. The SMILES string of the molecule is C=C1CCC(N2Cc3c(OCc4cc(C)no4)cccc3C2=O)C(=O)N1. The van der Waals surface area contributed by atoms with Crippen molar-refractivity contribution in [3.63, 3.8) is 0 Å². The number of carbonyl (C=O) groups excluding carboxylic acids is 2. The van der Waals surface area contributed by atoms with Gasteiger partial charge in [-0.15, -0.1) is 0 Å². The number of aromatic nitrogens is 1.